The molecule has 0 aromatic heterocycles. The first-order valence-electron chi connectivity index (χ1n) is 5.67. The SMILES string of the molecule is CCC(CC)(CC(=O)O)C1SCC(CS)S1. The van der Waals surface area contributed by atoms with Crippen LogP contribution in [0.4, 0.5) is 0 Å². The Bertz CT molecular complexity index is 241. The third-order valence-corrected chi connectivity index (χ3v) is 7.87. The van der Waals surface area contributed by atoms with Crippen molar-refractivity contribution in [3.05, 3.63) is 0 Å². The molecule has 1 heterocycles. The molecular weight excluding hydrogens is 260 g/mol. The fourth-order valence-electron chi connectivity index (χ4n) is 2.08. The highest BCUT2D eigenvalue weighted by molar-refractivity contribution is 8.20. The van der Waals surface area contributed by atoms with Crippen molar-refractivity contribution < 1.29 is 9.90 Å². The summed E-state index contributed by atoms with van der Waals surface area (Å²) in [7, 11) is 0. The number of rotatable bonds is 6. The molecule has 94 valence electrons. The van der Waals surface area contributed by atoms with E-state index in [4.69, 9.17) is 5.11 Å². The van der Waals surface area contributed by atoms with Crippen molar-refractivity contribution in [1.29, 1.82) is 0 Å². The summed E-state index contributed by atoms with van der Waals surface area (Å²) in [5.74, 6) is 1.34. The van der Waals surface area contributed by atoms with Crippen LogP contribution in [0.15, 0.2) is 0 Å². The first-order valence-corrected chi connectivity index (χ1v) is 8.30. The van der Waals surface area contributed by atoms with E-state index in [1.807, 2.05) is 23.5 Å². The highest BCUT2D eigenvalue weighted by Gasteiger charge is 2.42. The Labute approximate surface area is 112 Å². The van der Waals surface area contributed by atoms with Gasteiger partial charge < -0.3 is 5.11 Å². The Kier molecular flexibility index (Phi) is 5.88. The summed E-state index contributed by atoms with van der Waals surface area (Å²) < 4.78 is 0.427. The molecule has 0 spiro atoms. The smallest absolute Gasteiger partial charge is 0.303 e. The number of carboxylic acid groups (broad SMARTS) is 1. The molecule has 16 heavy (non-hydrogen) atoms. The van der Waals surface area contributed by atoms with Gasteiger partial charge >= 0.3 is 5.97 Å². The van der Waals surface area contributed by atoms with Gasteiger partial charge in [0.15, 0.2) is 0 Å². The second-order valence-electron chi connectivity index (χ2n) is 4.25. The molecule has 1 aliphatic heterocycles. The lowest BCUT2D eigenvalue weighted by atomic mass is 9.81. The van der Waals surface area contributed by atoms with Crippen molar-refractivity contribution in [3.63, 3.8) is 0 Å². The molecule has 0 aliphatic carbocycles. The molecule has 1 saturated heterocycles. The van der Waals surface area contributed by atoms with Crippen molar-refractivity contribution in [2.75, 3.05) is 11.5 Å². The van der Waals surface area contributed by atoms with Gasteiger partial charge in [-0.1, -0.05) is 13.8 Å². The second-order valence-corrected chi connectivity index (χ2v) is 7.46. The Morgan fingerprint density at radius 1 is 1.50 bits per heavy atom. The van der Waals surface area contributed by atoms with Crippen molar-refractivity contribution in [2.45, 2.75) is 42.9 Å². The normalized spacial score (nSPS) is 25.9. The topological polar surface area (TPSA) is 37.3 Å². The fourth-order valence-corrected chi connectivity index (χ4v) is 6.63. The van der Waals surface area contributed by atoms with Crippen LogP contribution in [0.25, 0.3) is 0 Å². The molecule has 2 atom stereocenters. The predicted molar refractivity (Wildman–Crippen MR) is 76.7 cm³/mol. The highest BCUT2D eigenvalue weighted by Crippen LogP contribution is 2.52. The van der Waals surface area contributed by atoms with Crippen LogP contribution in [0, 0.1) is 5.41 Å². The van der Waals surface area contributed by atoms with E-state index in [2.05, 4.69) is 26.5 Å². The number of hydrogen-bond acceptors (Lipinski definition) is 4. The van der Waals surface area contributed by atoms with Gasteiger partial charge in [0, 0.05) is 22.2 Å². The quantitative estimate of drug-likeness (QED) is 0.732. The average Bonchev–Trinajstić information content (AvgIpc) is 2.74. The van der Waals surface area contributed by atoms with Gasteiger partial charge in [0.1, 0.15) is 0 Å². The maximum absolute atomic E-state index is 11.0. The fraction of sp³-hybridized carbons (Fsp3) is 0.909. The second kappa shape index (κ2) is 6.45. The van der Waals surface area contributed by atoms with Crippen LogP contribution < -0.4 is 0 Å². The van der Waals surface area contributed by atoms with E-state index in [0.29, 0.717) is 16.3 Å². The lowest BCUT2D eigenvalue weighted by molar-refractivity contribution is -0.139. The number of hydrogen-bond donors (Lipinski definition) is 2. The molecule has 0 bridgehead atoms. The van der Waals surface area contributed by atoms with E-state index >= 15 is 0 Å². The van der Waals surface area contributed by atoms with E-state index in [0.717, 1.165) is 24.3 Å². The predicted octanol–water partition coefficient (Wildman–Crippen LogP) is 3.37. The minimum atomic E-state index is -0.667. The van der Waals surface area contributed by atoms with Crippen LogP contribution in [0.5, 0.6) is 0 Å². The maximum Gasteiger partial charge on any atom is 0.303 e. The Morgan fingerprint density at radius 3 is 2.50 bits per heavy atom. The zero-order chi connectivity index (χ0) is 12.2. The Hall–Kier alpha value is 0.520. The Balaban J connectivity index is 2.73. The largest absolute Gasteiger partial charge is 0.481 e. The zero-order valence-corrected chi connectivity index (χ0v) is 12.3. The van der Waals surface area contributed by atoms with E-state index in [-0.39, 0.29) is 5.41 Å². The van der Waals surface area contributed by atoms with Crippen LogP contribution >= 0.6 is 36.2 Å². The van der Waals surface area contributed by atoms with Gasteiger partial charge in [-0.2, -0.15) is 12.6 Å². The van der Waals surface area contributed by atoms with Crippen LogP contribution in [0.1, 0.15) is 33.1 Å². The molecule has 0 amide bonds. The van der Waals surface area contributed by atoms with E-state index in [9.17, 15) is 4.79 Å². The van der Waals surface area contributed by atoms with Gasteiger partial charge in [-0.25, -0.2) is 0 Å². The van der Waals surface area contributed by atoms with Gasteiger partial charge in [0.05, 0.1) is 11.0 Å². The minimum Gasteiger partial charge on any atom is -0.481 e. The molecule has 1 rings (SSSR count). The third-order valence-electron chi connectivity index (χ3n) is 3.36. The third kappa shape index (κ3) is 3.26. The lowest BCUT2D eigenvalue weighted by Gasteiger charge is -2.35. The van der Waals surface area contributed by atoms with Crippen molar-refractivity contribution in [2.24, 2.45) is 5.41 Å². The summed E-state index contributed by atoms with van der Waals surface area (Å²) in [5.41, 5.74) is -0.0428. The van der Waals surface area contributed by atoms with Gasteiger partial charge in [0.25, 0.3) is 0 Å². The number of thioether (sulfide) groups is 2. The molecular formula is C11H20O2S3. The van der Waals surface area contributed by atoms with Crippen molar-refractivity contribution in [3.8, 4) is 0 Å². The molecule has 1 aliphatic rings. The molecule has 0 saturated carbocycles. The van der Waals surface area contributed by atoms with Crippen LogP contribution in [0.3, 0.4) is 0 Å². The maximum atomic E-state index is 11.0. The molecule has 0 aromatic rings. The minimum absolute atomic E-state index is 0.0428. The molecule has 2 nitrogen and oxygen atoms in total. The summed E-state index contributed by atoms with van der Waals surface area (Å²) in [4.78, 5) is 11.0. The van der Waals surface area contributed by atoms with Gasteiger partial charge in [0.2, 0.25) is 0 Å². The summed E-state index contributed by atoms with van der Waals surface area (Å²) in [5, 5.41) is 9.65. The van der Waals surface area contributed by atoms with Gasteiger partial charge in [-0.15, -0.1) is 23.5 Å². The first kappa shape index (κ1) is 14.6. The monoisotopic (exact) mass is 280 g/mol. The summed E-state index contributed by atoms with van der Waals surface area (Å²) in [6.07, 6.45) is 2.18. The number of thiol groups is 1. The molecule has 2 unspecified atom stereocenters. The summed E-state index contributed by atoms with van der Waals surface area (Å²) in [6, 6.07) is 0. The van der Waals surface area contributed by atoms with Gasteiger partial charge in [-0.05, 0) is 12.8 Å². The van der Waals surface area contributed by atoms with Crippen molar-refractivity contribution >= 4 is 42.1 Å². The van der Waals surface area contributed by atoms with E-state index in [1.54, 1.807) is 0 Å². The summed E-state index contributed by atoms with van der Waals surface area (Å²) in [6.45, 7) is 4.23. The first-order chi connectivity index (χ1) is 7.57. The lowest BCUT2D eigenvalue weighted by Crippen LogP contribution is -2.31. The van der Waals surface area contributed by atoms with E-state index in [1.165, 1.54) is 0 Å². The van der Waals surface area contributed by atoms with Crippen molar-refractivity contribution in [1.82, 2.24) is 0 Å². The molecule has 0 radical (unpaired) electrons. The highest BCUT2D eigenvalue weighted by atomic mass is 32.2. The zero-order valence-electron chi connectivity index (χ0n) is 9.81. The van der Waals surface area contributed by atoms with E-state index < -0.39 is 5.97 Å². The molecule has 1 N–H and O–H groups in total. The molecule has 5 heteroatoms. The number of aliphatic carboxylic acids is 1. The average molecular weight is 280 g/mol. The number of carboxylic acids is 1. The summed E-state index contributed by atoms with van der Waals surface area (Å²) >= 11 is 8.19. The Morgan fingerprint density at radius 2 is 2.12 bits per heavy atom. The van der Waals surface area contributed by atoms with Gasteiger partial charge in [-0.3, -0.25) is 4.79 Å². The van der Waals surface area contributed by atoms with Crippen LogP contribution in [0.2, 0.25) is 0 Å². The van der Waals surface area contributed by atoms with Crippen LogP contribution in [-0.4, -0.2) is 32.4 Å². The molecule has 1 fully saturated rings. The number of carbonyl (C=O) groups is 1. The standard InChI is InChI=1S/C11H20O2S3/c1-3-11(4-2,5-9(12)13)10-15-7-8(6-14)16-10/h8,10,14H,3-7H2,1-2H3,(H,12,13). The van der Waals surface area contributed by atoms with Crippen LogP contribution in [-0.2, 0) is 4.79 Å². The molecule has 0 aromatic carbocycles.